The number of amides is 3. The lowest BCUT2D eigenvalue weighted by atomic mass is 10.1. The second-order valence-corrected chi connectivity index (χ2v) is 9.70. The van der Waals surface area contributed by atoms with Crippen LogP contribution < -0.4 is 10.2 Å². The van der Waals surface area contributed by atoms with Gasteiger partial charge in [-0.1, -0.05) is 24.3 Å². The molecule has 0 radical (unpaired) electrons. The van der Waals surface area contributed by atoms with Crippen LogP contribution in [0.15, 0.2) is 48.5 Å². The Morgan fingerprint density at radius 1 is 1.00 bits per heavy atom. The largest absolute Gasteiger partial charge is 0.351 e. The van der Waals surface area contributed by atoms with E-state index in [-0.39, 0.29) is 17.7 Å². The minimum Gasteiger partial charge on any atom is -0.351 e. The van der Waals surface area contributed by atoms with Gasteiger partial charge in [-0.15, -0.1) is 0 Å². The van der Waals surface area contributed by atoms with Crippen molar-refractivity contribution in [3.63, 3.8) is 0 Å². The Morgan fingerprint density at radius 2 is 1.80 bits per heavy atom. The first kappa shape index (κ1) is 23.5. The van der Waals surface area contributed by atoms with Gasteiger partial charge in [-0.3, -0.25) is 19.3 Å². The summed E-state index contributed by atoms with van der Waals surface area (Å²) in [5.41, 5.74) is 2.63. The predicted molar refractivity (Wildman–Crippen MR) is 134 cm³/mol. The number of hydrogen-bond donors (Lipinski definition) is 1. The van der Waals surface area contributed by atoms with Gasteiger partial charge in [0.25, 0.3) is 11.8 Å². The van der Waals surface area contributed by atoms with Gasteiger partial charge in [0.1, 0.15) is 6.04 Å². The quantitative estimate of drug-likeness (QED) is 0.690. The molecule has 0 aromatic heterocycles. The van der Waals surface area contributed by atoms with E-state index in [0.717, 1.165) is 44.7 Å². The molecule has 3 aliphatic rings. The number of para-hydroxylation sites is 1. The molecule has 3 amide bonds. The molecular formula is C27H33N5O3. The fraction of sp³-hybridized carbons (Fsp3) is 0.444. The van der Waals surface area contributed by atoms with E-state index in [1.54, 1.807) is 21.9 Å². The molecule has 0 aliphatic carbocycles. The van der Waals surface area contributed by atoms with Crippen LogP contribution in [-0.2, 0) is 11.3 Å². The Hall–Kier alpha value is -3.23. The first-order valence-electron chi connectivity index (χ1n) is 12.5. The van der Waals surface area contributed by atoms with Gasteiger partial charge in [0, 0.05) is 51.4 Å². The predicted octanol–water partition coefficient (Wildman–Crippen LogP) is 1.82. The molecule has 2 saturated heterocycles. The Labute approximate surface area is 206 Å². The molecule has 184 valence electrons. The van der Waals surface area contributed by atoms with Crippen molar-refractivity contribution in [3.8, 4) is 0 Å². The average Bonchev–Trinajstić information content (AvgIpc) is 3.35. The van der Waals surface area contributed by atoms with E-state index in [4.69, 9.17) is 0 Å². The molecule has 0 saturated carbocycles. The summed E-state index contributed by atoms with van der Waals surface area (Å²) >= 11 is 0. The first-order chi connectivity index (χ1) is 17.0. The normalized spacial score (nSPS) is 21.0. The number of carbonyl (C=O) groups excluding carboxylic acids is 3. The highest BCUT2D eigenvalue weighted by Gasteiger charge is 2.41. The van der Waals surface area contributed by atoms with Gasteiger partial charge in [-0.05, 0) is 49.7 Å². The highest BCUT2D eigenvalue weighted by atomic mass is 16.2. The van der Waals surface area contributed by atoms with Gasteiger partial charge < -0.3 is 20.0 Å². The number of nitrogens with zero attached hydrogens (tertiary/aromatic N) is 4. The van der Waals surface area contributed by atoms with Crippen molar-refractivity contribution in [1.82, 2.24) is 20.0 Å². The maximum atomic E-state index is 13.5. The number of rotatable bonds is 6. The van der Waals surface area contributed by atoms with Crippen LogP contribution in [0.4, 0.5) is 5.69 Å². The monoisotopic (exact) mass is 475 g/mol. The van der Waals surface area contributed by atoms with E-state index >= 15 is 0 Å². The van der Waals surface area contributed by atoms with E-state index in [2.05, 4.69) is 22.2 Å². The SMILES string of the molecule is CN1CCN(CCNC(=O)c2cccc(CN3C(=O)[C@@H]4CCCN4C(=O)c4ccccc43)c2)CC1. The highest BCUT2D eigenvalue weighted by Crippen LogP contribution is 2.33. The maximum Gasteiger partial charge on any atom is 0.256 e. The molecule has 8 nitrogen and oxygen atoms in total. The molecule has 8 heteroatoms. The number of piperazine rings is 1. The van der Waals surface area contributed by atoms with Gasteiger partial charge in [0.15, 0.2) is 0 Å². The molecule has 3 heterocycles. The summed E-state index contributed by atoms with van der Waals surface area (Å²) in [7, 11) is 2.13. The van der Waals surface area contributed by atoms with E-state index < -0.39 is 6.04 Å². The van der Waals surface area contributed by atoms with Gasteiger partial charge >= 0.3 is 0 Å². The molecule has 2 aromatic carbocycles. The van der Waals surface area contributed by atoms with Crippen LogP contribution in [0.3, 0.4) is 0 Å². The third kappa shape index (κ3) is 4.94. The summed E-state index contributed by atoms with van der Waals surface area (Å²) in [6.45, 7) is 6.52. The van der Waals surface area contributed by atoms with Gasteiger partial charge in [-0.2, -0.15) is 0 Å². The maximum absolute atomic E-state index is 13.5. The van der Waals surface area contributed by atoms with Crippen LogP contribution in [0.1, 0.15) is 39.1 Å². The summed E-state index contributed by atoms with van der Waals surface area (Å²) < 4.78 is 0. The smallest absolute Gasteiger partial charge is 0.256 e. The molecule has 3 aliphatic heterocycles. The van der Waals surface area contributed by atoms with Crippen LogP contribution in [-0.4, -0.2) is 91.3 Å². The molecule has 0 bridgehead atoms. The zero-order valence-electron chi connectivity index (χ0n) is 20.3. The van der Waals surface area contributed by atoms with Crippen molar-refractivity contribution in [1.29, 1.82) is 0 Å². The zero-order chi connectivity index (χ0) is 24.4. The standard InChI is InChI=1S/C27H33N5O3/c1-29-14-16-30(17-15-29)13-11-28-25(33)21-7-4-6-20(18-21)19-32-23-9-3-2-8-22(23)26(34)31-12-5-10-24(31)27(32)35/h2-4,6-9,18,24H,5,10-17,19H2,1H3,(H,28,33)/t24-/m0/s1. The van der Waals surface area contributed by atoms with Gasteiger partial charge in [-0.25, -0.2) is 0 Å². The molecule has 2 aromatic rings. The van der Waals surface area contributed by atoms with Gasteiger partial charge in [0.2, 0.25) is 5.91 Å². The van der Waals surface area contributed by atoms with Crippen molar-refractivity contribution in [2.24, 2.45) is 0 Å². The van der Waals surface area contributed by atoms with E-state index in [9.17, 15) is 14.4 Å². The van der Waals surface area contributed by atoms with Crippen molar-refractivity contribution in [2.45, 2.75) is 25.4 Å². The summed E-state index contributed by atoms with van der Waals surface area (Å²) in [5.74, 6) is -0.240. The molecule has 2 fully saturated rings. The third-order valence-electron chi connectivity index (χ3n) is 7.33. The third-order valence-corrected chi connectivity index (χ3v) is 7.33. The van der Waals surface area contributed by atoms with Gasteiger partial charge in [0.05, 0.1) is 17.8 Å². The van der Waals surface area contributed by atoms with E-state index in [0.29, 0.717) is 42.9 Å². The molecule has 0 spiro atoms. The first-order valence-corrected chi connectivity index (χ1v) is 12.5. The molecule has 1 atom stereocenters. The minimum absolute atomic E-state index is 0.0529. The molecule has 0 unspecified atom stereocenters. The summed E-state index contributed by atoms with van der Waals surface area (Å²) in [6.07, 6.45) is 1.52. The van der Waals surface area contributed by atoms with Crippen molar-refractivity contribution in [2.75, 3.05) is 57.8 Å². The van der Waals surface area contributed by atoms with Crippen molar-refractivity contribution < 1.29 is 14.4 Å². The number of likely N-dealkylation sites (N-methyl/N-ethyl adjacent to an activating group) is 1. The number of benzene rings is 2. The van der Waals surface area contributed by atoms with Crippen molar-refractivity contribution >= 4 is 23.4 Å². The van der Waals surface area contributed by atoms with Crippen LogP contribution in [0.2, 0.25) is 0 Å². The topological polar surface area (TPSA) is 76.2 Å². The molecule has 5 rings (SSSR count). The van der Waals surface area contributed by atoms with E-state index in [1.165, 1.54) is 0 Å². The summed E-state index contributed by atoms with van der Waals surface area (Å²) in [4.78, 5) is 47.6. The van der Waals surface area contributed by atoms with Crippen LogP contribution >= 0.6 is 0 Å². The Balaban J connectivity index is 1.28. The second-order valence-electron chi connectivity index (χ2n) is 9.70. The lowest BCUT2D eigenvalue weighted by Gasteiger charge is -2.32. The molecule has 1 N–H and O–H groups in total. The summed E-state index contributed by atoms with van der Waals surface area (Å²) in [5, 5.41) is 3.03. The fourth-order valence-electron chi connectivity index (χ4n) is 5.27. The number of nitrogens with one attached hydrogen (secondary N) is 1. The lowest BCUT2D eigenvalue weighted by Crippen LogP contribution is -2.46. The van der Waals surface area contributed by atoms with Crippen LogP contribution in [0.25, 0.3) is 0 Å². The average molecular weight is 476 g/mol. The highest BCUT2D eigenvalue weighted by molar-refractivity contribution is 6.11. The number of carbonyl (C=O) groups is 3. The number of hydrogen-bond acceptors (Lipinski definition) is 5. The Bertz CT molecular complexity index is 1110. The zero-order valence-corrected chi connectivity index (χ0v) is 20.3. The Morgan fingerprint density at radius 3 is 2.63 bits per heavy atom. The molecule has 35 heavy (non-hydrogen) atoms. The number of anilines is 1. The van der Waals surface area contributed by atoms with Crippen LogP contribution in [0.5, 0.6) is 0 Å². The fourth-order valence-corrected chi connectivity index (χ4v) is 5.27. The van der Waals surface area contributed by atoms with E-state index in [1.807, 2.05) is 36.4 Å². The van der Waals surface area contributed by atoms with Crippen molar-refractivity contribution in [3.05, 3.63) is 65.2 Å². The second kappa shape index (κ2) is 10.2. The number of fused-ring (bicyclic) bond motifs is 2. The lowest BCUT2D eigenvalue weighted by molar-refractivity contribution is -0.122. The Kier molecular flexibility index (Phi) is 6.83. The van der Waals surface area contributed by atoms with Crippen LogP contribution in [0, 0.1) is 0 Å². The summed E-state index contributed by atoms with van der Waals surface area (Å²) in [6, 6.07) is 14.3. The molecular weight excluding hydrogens is 442 g/mol. The minimum atomic E-state index is -0.420.